The summed E-state index contributed by atoms with van der Waals surface area (Å²) in [6.07, 6.45) is 0. The van der Waals surface area contributed by atoms with Crippen molar-refractivity contribution in [3.8, 4) is 5.75 Å². The molecule has 1 atom stereocenters. The molecule has 0 aliphatic rings. The van der Waals surface area contributed by atoms with E-state index in [1.807, 2.05) is 25.1 Å². The van der Waals surface area contributed by atoms with Crippen molar-refractivity contribution in [2.75, 3.05) is 11.2 Å². The Morgan fingerprint density at radius 2 is 2.03 bits per heavy atom. The van der Waals surface area contributed by atoms with Crippen LogP contribution >= 0.6 is 27.7 Å². The number of amides is 1. The number of thioether (sulfide) groups is 1. The zero-order chi connectivity index (χ0) is 21.0. The first kappa shape index (κ1) is 21.1. The third-order valence-electron chi connectivity index (χ3n) is 3.95. The van der Waals surface area contributed by atoms with Crippen LogP contribution in [-0.2, 0) is 11.4 Å². The maximum absolute atomic E-state index is 12.9. The number of hydrogen-bond acceptors (Lipinski definition) is 6. The summed E-state index contributed by atoms with van der Waals surface area (Å²) >= 11 is 4.63. The summed E-state index contributed by atoms with van der Waals surface area (Å²) in [6.45, 7) is 3.79. The molecule has 3 rings (SSSR count). The van der Waals surface area contributed by atoms with Gasteiger partial charge in [-0.15, -0.1) is 10.2 Å². The van der Waals surface area contributed by atoms with Gasteiger partial charge in [-0.25, -0.2) is 9.07 Å². The van der Waals surface area contributed by atoms with Crippen LogP contribution in [0.5, 0.6) is 5.75 Å². The molecule has 1 unspecified atom stereocenters. The minimum Gasteiger partial charge on any atom is -0.486 e. The third-order valence-corrected chi connectivity index (χ3v) is 5.66. The van der Waals surface area contributed by atoms with Crippen molar-refractivity contribution in [2.24, 2.45) is 0 Å². The maximum Gasteiger partial charge on any atom is 0.237 e. The number of nitrogens with zero attached hydrogens (tertiary/aromatic N) is 3. The van der Waals surface area contributed by atoms with Crippen LogP contribution in [-0.4, -0.2) is 26.0 Å². The standard InChI is InChI=1S/C19H19BrFN5O2S/c1-11-3-8-16(15(20)9-11)23-18(27)12(2)29-19-25-24-17(26(19)22)10-28-14-6-4-13(21)5-7-14/h3-9,12H,10,22H2,1-2H3,(H,23,27). The van der Waals surface area contributed by atoms with Crippen molar-refractivity contribution in [3.05, 3.63) is 64.1 Å². The summed E-state index contributed by atoms with van der Waals surface area (Å²) in [7, 11) is 0. The average Bonchev–Trinajstić information content (AvgIpc) is 3.03. The molecule has 1 amide bonds. The number of benzene rings is 2. The summed E-state index contributed by atoms with van der Waals surface area (Å²) in [6, 6.07) is 11.3. The fraction of sp³-hybridized carbons (Fsp3) is 0.211. The number of aromatic nitrogens is 3. The van der Waals surface area contributed by atoms with Gasteiger partial charge in [0.05, 0.1) is 10.9 Å². The Hall–Kier alpha value is -2.59. The lowest BCUT2D eigenvalue weighted by atomic mass is 10.2. The molecular formula is C19H19BrFN5O2S. The summed E-state index contributed by atoms with van der Waals surface area (Å²) in [5, 5.41) is 10.8. The number of carbonyl (C=O) groups is 1. The first-order valence-corrected chi connectivity index (χ1v) is 10.3. The summed E-state index contributed by atoms with van der Waals surface area (Å²) in [5.74, 6) is 6.36. The SMILES string of the molecule is Cc1ccc(NC(=O)C(C)Sc2nnc(COc3ccc(F)cc3)n2N)c(Br)c1. The van der Waals surface area contributed by atoms with E-state index in [9.17, 15) is 9.18 Å². The normalized spacial score (nSPS) is 11.9. The lowest BCUT2D eigenvalue weighted by Crippen LogP contribution is -2.24. The van der Waals surface area contributed by atoms with Crippen LogP contribution in [0.15, 0.2) is 52.1 Å². The molecular weight excluding hydrogens is 461 g/mol. The molecule has 0 fully saturated rings. The van der Waals surface area contributed by atoms with Gasteiger partial charge in [0.2, 0.25) is 11.1 Å². The van der Waals surface area contributed by atoms with E-state index in [1.165, 1.54) is 40.7 Å². The van der Waals surface area contributed by atoms with Crippen molar-refractivity contribution in [3.63, 3.8) is 0 Å². The van der Waals surface area contributed by atoms with Crippen molar-refractivity contribution < 1.29 is 13.9 Å². The van der Waals surface area contributed by atoms with Gasteiger partial charge in [-0.3, -0.25) is 4.79 Å². The predicted molar refractivity (Wildman–Crippen MR) is 114 cm³/mol. The van der Waals surface area contributed by atoms with Crippen LogP contribution in [0.4, 0.5) is 10.1 Å². The van der Waals surface area contributed by atoms with Crippen molar-refractivity contribution >= 4 is 39.3 Å². The fourth-order valence-corrected chi connectivity index (χ4v) is 3.71. The van der Waals surface area contributed by atoms with Crippen LogP contribution < -0.4 is 15.9 Å². The number of anilines is 1. The minimum absolute atomic E-state index is 0.0621. The zero-order valence-electron chi connectivity index (χ0n) is 15.7. The topological polar surface area (TPSA) is 95.1 Å². The molecule has 29 heavy (non-hydrogen) atoms. The number of rotatable bonds is 7. The van der Waals surface area contributed by atoms with Gasteiger partial charge in [-0.1, -0.05) is 17.8 Å². The van der Waals surface area contributed by atoms with Gasteiger partial charge in [-0.2, -0.15) is 0 Å². The molecule has 1 heterocycles. The summed E-state index contributed by atoms with van der Waals surface area (Å²) in [4.78, 5) is 12.5. The minimum atomic E-state index is -0.458. The number of hydrogen-bond donors (Lipinski definition) is 2. The second kappa shape index (κ2) is 9.27. The first-order chi connectivity index (χ1) is 13.8. The fourth-order valence-electron chi connectivity index (χ4n) is 2.33. The molecule has 0 saturated carbocycles. The van der Waals surface area contributed by atoms with Gasteiger partial charge in [0.1, 0.15) is 18.2 Å². The number of ether oxygens (including phenoxy) is 1. The molecule has 0 aliphatic heterocycles. The van der Waals surface area contributed by atoms with Gasteiger partial charge in [-0.05, 0) is 71.7 Å². The van der Waals surface area contributed by atoms with Gasteiger partial charge in [0.25, 0.3) is 0 Å². The zero-order valence-corrected chi connectivity index (χ0v) is 18.1. The van der Waals surface area contributed by atoms with E-state index < -0.39 is 5.25 Å². The van der Waals surface area contributed by atoms with Crippen LogP contribution in [0.1, 0.15) is 18.3 Å². The van der Waals surface area contributed by atoms with Crippen molar-refractivity contribution in [1.29, 1.82) is 0 Å². The molecule has 2 aromatic carbocycles. The highest BCUT2D eigenvalue weighted by atomic mass is 79.9. The maximum atomic E-state index is 12.9. The van der Waals surface area contributed by atoms with Crippen LogP contribution in [0, 0.1) is 12.7 Å². The van der Waals surface area contributed by atoms with E-state index in [-0.39, 0.29) is 18.3 Å². The monoisotopic (exact) mass is 479 g/mol. The molecule has 0 spiro atoms. The van der Waals surface area contributed by atoms with Gasteiger partial charge in [0, 0.05) is 4.47 Å². The van der Waals surface area contributed by atoms with Crippen molar-refractivity contribution in [2.45, 2.75) is 30.9 Å². The van der Waals surface area contributed by atoms with Gasteiger partial charge < -0.3 is 15.9 Å². The molecule has 0 saturated heterocycles. The highest BCUT2D eigenvalue weighted by Crippen LogP contribution is 2.26. The molecule has 1 aromatic heterocycles. The smallest absolute Gasteiger partial charge is 0.237 e. The highest BCUT2D eigenvalue weighted by Gasteiger charge is 2.20. The molecule has 152 valence electrons. The number of nitrogen functional groups attached to an aromatic ring is 1. The molecule has 3 N–H and O–H groups in total. The van der Waals surface area contributed by atoms with Gasteiger partial charge in [0.15, 0.2) is 5.82 Å². The van der Waals surface area contributed by atoms with Gasteiger partial charge >= 0.3 is 0 Å². The lowest BCUT2D eigenvalue weighted by Gasteiger charge is -2.13. The van der Waals surface area contributed by atoms with E-state index in [1.54, 1.807) is 6.92 Å². The van der Waals surface area contributed by atoms with E-state index in [0.717, 1.165) is 10.0 Å². The Morgan fingerprint density at radius 3 is 2.72 bits per heavy atom. The Bertz CT molecular complexity index is 1010. The second-order valence-electron chi connectivity index (χ2n) is 6.24. The van der Waals surface area contributed by atoms with Crippen molar-refractivity contribution in [1.82, 2.24) is 14.9 Å². The van der Waals surface area contributed by atoms with E-state index in [2.05, 4.69) is 31.4 Å². The first-order valence-electron chi connectivity index (χ1n) is 8.65. The molecule has 0 bridgehead atoms. The summed E-state index contributed by atoms with van der Waals surface area (Å²) in [5.41, 5.74) is 1.78. The highest BCUT2D eigenvalue weighted by molar-refractivity contribution is 9.10. The third kappa shape index (κ3) is 5.48. The number of carbonyl (C=O) groups excluding carboxylic acids is 1. The molecule has 10 heteroatoms. The van der Waals surface area contributed by atoms with Crippen LogP contribution in [0.25, 0.3) is 0 Å². The molecule has 0 radical (unpaired) electrons. The van der Waals surface area contributed by atoms with E-state index in [4.69, 9.17) is 10.6 Å². The largest absolute Gasteiger partial charge is 0.486 e. The molecule has 7 nitrogen and oxygen atoms in total. The van der Waals surface area contributed by atoms with E-state index in [0.29, 0.717) is 22.4 Å². The number of nitrogens with one attached hydrogen (secondary N) is 1. The average molecular weight is 480 g/mol. The Balaban J connectivity index is 1.59. The summed E-state index contributed by atoms with van der Waals surface area (Å²) < 4.78 is 20.6. The van der Waals surface area contributed by atoms with E-state index >= 15 is 0 Å². The molecule has 0 aliphatic carbocycles. The quantitative estimate of drug-likeness (QED) is 0.394. The Morgan fingerprint density at radius 1 is 1.31 bits per heavy atom. The Labute approximate surface area is 179 Å². The van der Waals surface area contributed by atoms with Crippen LogP contribution in [0.3, 0.4) is 0 Å². The molecule has 3 aromatic rings. The lowest BCUT2D eigenvalue weighted by molar-refractivity contribution is -0.115. The number of halogens is 2. The predicted octanol–water partition coefficient (Wildman–Crippen LogP) is 3.90. The van der Waals surface area contributed by atoms with Crippen LogP contribution in [0.2, 0.25) is 0 Å². The second-order valence-corrected chi connectivity index (χ2v) is 8.41. The number of aryl methyl sites for hydroxylation is 1. The number of nitrogens with two attached hydrogens (primary N) is 1. The Kier molecular flexibility index (Phi) is 6.75.